The Morgan fingerprint density at radius 1 is 1.00 bits per heavy atom. The van der Waals surface area contributed by atoms with Crippen molar-refractivity contribution in [3.8, 4) is 0 Å². The van der Waals surface area contributed by atoms with Crippen LogP contribution in [0.4, 0.5) is 5.69 Å². The number of piperidine rings is 1. The van der Waals surface area contributed by atoms with Crippen molar-refractivity contribution >= 4 is 5.69 Å². The van der Waals surface area contributed by atoms with Crippen LogP contribution >= 0.6 is 0 Å². The van der Waals surface area contributed by atoms with Crippen molar-refractivity contribution in [2.45, 2.75) is 63.5 Å². The first-order valence-corrected chi connectivity index (χ1v) is 9.71. The number of fused-ring (bicyclic) bond motifs is 2. The lowest BCUT2D eigenvalue weighted by Crippen LogP contribution is -2.61. The lowest BCUT2D eigenvalue weighted by Gasteiger charge is -2.51. The van der Waals surface area contributed by atoms with E-state index in [9.17, 15) is 0 Å². The van der Waals surface area contributed by atoms with Gasteiger partial charge >= 0.3 is 0 Å². The molecule has 1 atom stereocenters. The Kier molecular flexibility index (Phi) is 4.12. The average molecular weight is 329 g/mol. The minimum atomic E-state index is 0.136. The van der Waals surface area contributed by atoms with Gasteiger partial charge in [0.15, 0.2) is 0 Å². The largest absolute Gasteiger partial charge is 0.372 e. The number of morpholine rings is 1. The van der Waals surface area contributed by atoms with E-state index in [1.165, 1.54) is 43.5 Å². The third-order valence-corrected chi connectivity index (χ3v) is 6.45. The second kappa shape index (κ2) is 6.03. The van der Waals surface area contributed by atoms with Crippen LogP contribution in [-0.2, 0) is 10.2 Å². The van der Waals surface area contributed by atoms with Crippen molar-refractivity contribution < 1.29 is 4.74 Å². The highest BCUT2D eigenvalue weighted by Crippen LogP contribution is 2.41. The maximum absolute atomic E-state index is 6.40. The molecule has 3 heterocycles. The summed E-state index contributed by atoms with van der Waals surface area (Å²) < 4.78 is 6.40. The van der Waals surface area contributed by atoms with E-state index in [1.54, 1.807) is 0 Å². The van der Waals surface area contributed by atoms with Gasteiger partial charge in [0.1, 0.15) is 0 Å². The van der Waals surface area contributed by atoms with Crippen LogP contribution in [0.3, 0.4) is 0 Å². The van der Waals surface area contributed by atoms with Gasteiger partial charge in [-0.25, -0.2) is 0 Å². The molecular formula is C21H32N2O. The fourth-order valence-corrected chi connectivity index (χ4v) is 4.95. The first kappa shape index (κ1) is 16.4. The summed E-state index contributed by atoms with van der Waals surface area (Å²) in [4.78, 5) is 5.24. The molecule has 3 saturated heterocycles. The second-order valence-electron chi connectivity index (χ2n) is 8.89. The number of nitrogens with zero attached hydrogens (tertiary/aromatic N) is 2. The summed E-state index contributed by atoms with van der Waals surface area (Å²) in [6.45, 7) is 12.4. The summed E-state index contributed by atoms with van der Waals surface area (Å²) in [6, 6.07) is 9.90. The van der Waals surface area contributed by atoms with Gasteiger partial charge in [0.05, 0.1) is 12.2 Å². The Balaban J connectivity index is 1.44. The number of hydrogen-bond donors (Lipinski definition) is 0. The highest BCUT2D eigenvalue weighted by Gasteiger charge is 2.49. The smallest absolute Gasteiger partial charge is 0.0871 e. The van der Waals surface area contributed by atoms with Crippen LogP contribution in [0, 0.1) is 0 Å². The van der Waals surface area contributed by atoms with Gasteiger partial charge in [0.2, 0.25) is 0 Å². The van der Waals surface area contributed by atoms with Crippen LogP contribution in [0.25, 0.3) is 0 Å². The Morgan fingerprint density at radius 3 is 2.38 bits per heavy atom. The van der Waals surface area contributed by atoms with Crippen molar-refractivity contribution in [2.24, 2.45) is 0 Å². The first-order chi connectivity index (χ1) is 11.5. The number of rotatable bonds is 1. The summed E-state index contributed by atoms with van der Waals surface area (Å²) in [5.41, 5.74) is 3.15. The summed E-state index contributed by atoms with van der Waals surface area (Å²) in [6.07, 6.45) is 5.04. The van der Waals surface area contributed by atoms with Crippen LogP contribution in [-0.4, -0.2) is 49.3 Å². The second-order valence-corrected chi connectivity index (χ2v) is 8.89. The molecule has 3 nitrogen and oxygen atoms in total. The van der Waals surface area contributed by atoms with Crippen LogP contribution in [0.15, 0.2) is 24.3 Å². The Morgan fingerprint density at radius 2 is 1.71 bits per heavy atom. The molecule has 24 heavy (non-hydrogen) atoms. The van der Waals surface area contributed by atoms with Crippen LogP contribution in [0.5, 0.6) is 0 Å². The molecule has 0 aliphatic carbocycles. The summed E-state index contributed by atoms with van der Waals surface area (Å²) >= 11 is 0. The molecule has 1 aromatic rings. The fourth-order valence-electron chi connectivity index (χ4n) is 4.95. The zero-order valence-corrected chi connectivity index (χ0v) is 15.6. The van der Waals surface area contributed by atoms with E-state index in [0.717, 1.165) is 26.2 Å². The normalized spacial score (nSPS) is 27.5. The van der Waals surface area contributed by atoms with Gasteiger partial charge in [-0.2, -0.15) is 0 Å². The predicted molar refractivity (Wildman–Crippen MR) is 99.9 cm³/mol. The quantitative estimate of drug-likeness (QED) is 0.779. The molecule has 1 spiro atoms. The minimum absolute atomic E-state index is 0.136. The molecule has 0 aromatic heterocycles. The molecule has 3 aliphatic heterocycles. The Labute approximate surface area is 147 Å². The van der Waals surface area contributed by atoms with Gasteiger partial charge in [-0.3, -0.25) is 4.90 Å². The first-order valence-electron chi connectivity index (χ1n) is 9.71. The van der Waals surface area contributed by atoms with E-state index in [2.05, 4.69) is 54.8 Å². The van der Waals surface area contributed by atoms with E-state index in [-0.39, 0.29) is 11.0 Å². The van der Waals surface area contributed by atoms with Crippen molar-refractivity contribution in [3.63, 3.8) is 0 Å². The van der Waals surface area contributed by atoms with Crippen LogP contribution in [0.1, 0.15) is 52.0 Å². The standard InChI is InChI=1S/C21H32N2O/c1-20(2,3)17-6-8-18(9-7-17)22-13-10-21(11-14-22)19-5-4-12-23(19)15-16-24-21/h6-9,19H,4-5,10-16H2,1-3H3. The number of benzene rings is 1. The maximum atomic E-state index is 6.40. The van der Waals surface area contributed by atoms with Gasteiger partial charge in [-0.05, 0) is 55.3 Å². The molecular weight excluding hydrogens is 296 g/mol. The van der Waals surface area contributed by atoms with Gasteiger partial charge < -0.3 is 9.64 Å². The Hall–Kier alpha value is -1.06. The van der Waals surface area contributed by atoms with Gasteiger partial charge in [0, 0.05) is 31.4 Å². The molecule has 4 rings (SSSR count). The zero-order valence-electron chi connectivity index (χ0n) is 15.6. The third-order valence-electron chi connectivity index (χ3n) is 6.45. The summed E-state index contributed by atoms with van der Waals surface area (Å²) in [7, 11) is 0. The molecule has 0 radical (unpaired) electrons. The van der Waals surface area contributed by atoms with Gasteiger partial charge in [-0.15, -0.1) is 0 Å². The molecule has 3 fully saturated rings. The zero-order chi connectivity index (χ0) is 16.8. The third kappa shape index (κ3) is 2.86. The molecule has 132 valence electrons. The van der Waals surface area contributed by atoms with E-state index < -0.39 is 0 Å². The van der Waals surface area contributed by atoms with E-state index >= 15 is 0 Å². The molecule has 0 amide bonds. The molecule has 0 saturated carbocycles. The molecule has 0 bridgehead atoms. The van der Waals surface area contributed by atoms with Crippen molar-refractivity contribution in [1.29, 1.82) is 0 Å². The van der Waals surface area contributed by atoms with Crippen molar-refractivity contribution in [1.82, 2.24) is 4.90 Å². The van der Waals surface area contributed by atoms with E-state index in [4.69, 9.17) is 4.74 Å². The van der Waals surface area contributed by atoms with E-state index in [0.29, 0.717) is 6.04 Å². The van der Waals surface area contributed by atoms with E-state index in [1.807, 2.05) is 0 Å². The SMILES string of the molecule is CC(C)(C)c1ccc(N2CCC3(CC2)OCCN2CCCC23)cc1. The number of ether oxygens (including phenoxy) is 1. The molecule has 1 aromatic carbocycles. The van der Waals surface area contributed by atoms with Crippen molar-refractivity contribution in [3.05, 3.63) is 29.8 Å². The van der Waals surface area contributed by atoms with Crippen molar-refractivity contribution in [2.75, 3.05) is 37.7 Å². The number of hydrogen-bond acceptors (Lipinski definition) is 3. The van der Waals surface area contributed by atoms with Gasteiger partial charge in [-0.1, -0.05) is 32.9 Å². The van der Waals surface area contributed by atoms with Crippen LogP contribution in [0.2, 0.25) is 0 Å². The lowest BCUT2D eigenvalue weighted by atomic mass is 9.81. The monoisotopic (exact) mass is 328 g/mol. The topological polar surface area (TPSA) is 15.7 Å². The average Bonchev–Trinajstić information content (AvgIpc) is 3.05. The molecule has 1 unspecified atom stereocenters. The molecule has 0 N–H and O–H groups in total. The maximum Gasteiger partial charge on any atom is 0.0871 e. The predicted octanol–water partition coefficient (Wildman–Crippen LogP) is 3.82. The summed E-state index contributed by atoms with van der Waals surface area (Å²) in [5, 5.41) is 0. The van der Waals surface area contributed by atoms with Gasteiger partial charge in [0.25, 0.3) is 0 Å². The Bertz CT molecular complexity index is 566. The fraction of sp³-hybridized carbons (Fsp3) is 0.714. The summed E-state index contributed by atoms with van der Waals surface area (Å²) in [5.74, 6) is 0. The minimum Gasteiger partial charge on any atom is -0.372 e. The highest BCUT2D eigenvalue weighted by molar-refractivity contribution is 5.49. The van der Waals surface area contributed by atoms with Crippen LogP contribution < -0.4 is 4.90 Å². The molecule has 3 aliphatic rings. The lowest BCUT2D eigenvalue weighted by molar-refractivity contribution is -0.147. The number of anilines is 1. The highest BCUT2D eigenvalue weighted by atomic mass is 16.5. The molecule has 3 heteroatoms.